The number of carbonyl (C=O) groups is 2. The van der Waals surface area contributed by atoms with Crippen LogP contribution in [0.1, 0.15) is 22.5 Å². The molecule has 3 atom stereocenters. The molecule has 1 saturated heterocycles. The Hall–Kier alpha value is -2.87. The largest absolute Gasteiger partial charge is 0.391 e. The summed E-state index contributed by atoms with van der Waals surface area (Å²) in [5.74, 6) is -0.928. The van der Waals surface area contributed by atoms with Gasteiger partial charge in [0.25, 0.3) is 11.8 Å². The Morgan fingerprint density at radius 3 is 2.68 bits per heavy atom. The van der Waals surface area contributed by atoms with E-state index in [9.17, 15) is 19.8 Å². The number of carbonyl (C=O) groups excluding carboxylic acids is 2. The van der Waals surface area contributed by atoms with Crippen LogP contribution in [0, 0.1) is 0 Å². The normalized spacial score (nSPS) is 18.2. The highest BCUT2D eigenvalue weighted by Crippen LogP contribution is 2.21. The number of amides is 2. The Morgan fingerprint density at radius 2 is 1.97 bits per heavy atom. The number of β-amino-alcohol motifs (C(OH)–C–C–N with tert-alkyl or cyclic N) is 1. The van der Waals surface area contributed by atoms with E-state index in [1.165, 1.54) is 4.90 Å². The van der Waals surface area contributed by atoms with Crippen molar-refractivity contribution in [2.45, 2.75) is 31.1 Å². The number of fused-ring (bicyclic) bond motifs is 1. The van der Waals surface area contributed by atoms with Crippen molar-refractivity contribution < 1.29 is 19.8 Å². The van der Waals surface area contributed by atoms with Crippen molar-refractivity contribution in [3.8, 4) is 0 Å². The molecule has 1 aliphatic heterocycles. The number of halogens is 1. The summed E-state index contributed by atoms with van der Waals surface area (Å²) in [6.07, 6.45) is -1.27. The van der Waals surface area contributed by atoms with Crippen LogP contribution in [0.4, 0.5) is 0 Å². The molecule has 7 nitrogen and oxygen atoms in total. The maximum Gasteiger partial charge on any atom is 0.268 e. The number of aliphatic hydroxyl groups excluding tert-OH is 2. The zero-order chi connectivity index (χ0) is 22.0. The Bertz CT molecular complexity index is 1080. The molecule has 162 valence electrons. The van der Waals surface area contributed by atoms with Crippen LogP contribution >= 0.6 is 11.6 Å². The predicted octanol–water partition coefficient (Wildman–Crippen LogP) is 2.12. The van der Waals surface area contributed by atoms with Gasteiger partial charge in [-0.2, -0.15) is 0 Å². The summed E-state index contributed by atoms with van der Waals surface area (Å²) < 4.78 is 0. The molecule has 1 fully saturated rings. The molecule has 2 heterocycles. The first-order valence-electron chi connectivity index (χ1n) is 10.2. The number of aliphatic hydroxyl groups is 2. The van der Waals surface area contributed by atoms with Crippen LogP contribution in [0.3, 0.4) is 0 Å². The lowest BCUT2D eigenvalue weighted by molar-refractivity contribution is -0.140. The van der Waals surface area contributed by atoms with Crippen LogP contribution in [-0.4, -0.2) is 63.3 Å². The van der Waals surface area contributed by atoms with E-state index < -0.39 is 30.1 Å². The molecule has 3 aromatic rings. The molecule has 0 saturated carbocycles. The third-order valence-electron chi connectivity index (χ3n) is 5.55. The van der Waals surface area contributed by atoms with E-state index >= 15 is 0 Å². The molecule has 0 bridgehead atoms. The molecule has 0 unspecified atom stereocenters. The average molecular weight is 442 g/mol. The topological polar surface area (TPSA) is 106 Å². The van der Waals surface area contributed by atoms with Gasteiger partial charge in [0.15, 0.2) is 6.10 Å². The fraction of sp³-hybridized carbons (Fsp3) is 0.304. The van der Waals surface area contributed by atoms with Crippen LogP contribution in [0.5, 0.6) is 0 Å². The van der Waals surface area contributed by atoms with Crippen LogP contribution in [0.2, 0.25) is 5.02 Å². The van der Waals surface area contributed by atoms with Crippen molar-refractivity contribution in [1.29, 1.82) is 0 Å². The van der Waals surface area contributed by atoms with Crippen LogP contribution < -0.4 is 5.32 Å². The van der Waals surface area contributed by atoms with Gasteiger partial charge < -0.3 is 25.4 Å². The highest BCUT2D eigenvalue weighted by molar-refractivity contribution is 6.31. The minimum Gasteiger partial charge on any atom is -0.391 e. The number of aromatic nitrogens is 1. The first-order chi connectivity index (χ1) is 14.9. The molecular weight excluding hydrogens is 418 g/mol. The number of nitrogens with zero attached hydrogens (tertiary/aromatic N) is 1. The van der Waals surface area contributed by atoms with Gasteiger partial charge in [-0.3, -0.25) is 9.59 Å². The summed E-state index contributed by atoms with van der Waals surface area (Å²) in [5, 5.41) is 24.7. The van der Waals surface area contributed by atoms with Crippen molar-refractivity contribution in [2.24, 2.45) is 0 Å². The molecule has 2 aromatic carbocycles. The fourth-order valence-corrected chi connectivity index (χ4v) is 4.06. The Morgan fingerprint density at radius 1 is 1.19 bits per heavy atom. The number of H-pyrrole nitrogens is 1. The van der Waals surface area contributed by atoms with Gasteiger partial charge >= 0.3 is 0 Å². The second-order valence-electron chi connectivity index (χ2n) is 7.86. The lowest BCUT2D eigenvalue weighted by atomic mass is 10.00. The quantitative estimate of drug-likeness (QED) is 0.470. The van der Waals surface area contributed by atoms with E-state index in [0.29, 0.717) is 23.7 Å². The average Bonchev–Trinajstić information content (AvgIpc) is 3.38. The van der Waals surface area contributed by atoms with E-state index in [4.69, 9.17) is 11.6 Å². The van der Waals surface area contributed by atoms with Gasteiger partial charge in [0.2, 0.25) is 0 Å². The zero-order valence-corrected chi connectivity index (χ0v) is 17.5. The molecule has 8 heteroatoms. The van der Waals surface area contributed by atoms with Crippen molar-refractivity contribution in [2.75, 3.05) is 13.1 Å². The van der Waals surface area contributed by atoms with Gasteiger partial charge in [-0.15, -0.1) is 0 Å². The number of nitrogens with one attached hydrogen (secondary N) is 2. The van der Waals surface area contributed by atoms with Gasteiger partial charge in [-0.1, -0.05) is 41.9 Å². The van der Waals surface area contributed by atoms with Crippen LogP contribution in [-0.2, 0) is 11.2 Å². The third-order valence-corrected chi connectivity index (χ3v) is 5.79. The predicted molar refractivity (Wildman–Crippen MR) is 118 cm³/mol. The smallest absolute Gasteiger partial charge is 0.268 e. The highest BCUT2D eigenvalue weighted by atomic mass is 35.5. The second kappa shape index (κ2) is 9.09. The van der Waals surface area contributed by atoms with E-state index in [2.05, 4.69) is 10.3 Å². The van der Waals surface area contributed by atoms with E-state index in [0.717, 1.165) is 16.5 Å². The van der Waals surface area contributed by atoms with Gasteiger partial charge in [0.1, 0.15) is 5.69 Å². The van der Waals surface area contributed by atoms with Gasteiger partial charge in [-0.25, -0.2) is 0 Å². The second-order valence-corrected chi connectivity index (χ2v) is 8.29. The van der Waals surface area contributed by atoms with Gasteiger partial charge in [0, 0.05) is 29.0 Å². The first kappa shape index (κ1) is 21.4. The Balaban J connectivity index is 1.55. The number of aromatic amines is 1. The van der Waals surface area contributed by atoms with Crippen molar-refractivity contribution in [3.05, 3.63) is 70.9 Å². The number of hydrogen-bond acceptors (Lipinski definition) is 4. The van der Waals surface area contributed by atoms with E-state index in [1.54, 1.807) is 24.3 Å². The minimum atomic E-state index is -1.44. The maximum atomic E-state index is 12.9. The molecule has 4 rings (SSSR count). The number of rotatable bonds is 6. The summed E-state index contributed by atoms with van der Waals surface area (Å²) in [4.78, 5) is 30.2. The number of hydrogen-bond donors (Lipinski definition) is 4. The summed E-state index contributed by atoms with van der Waals surface area (Å²) in [6.45, 7) is 0.566. The standard InChI is InChI=1S/C23H24ClN3O4/c24-16-6-7-18-15(11-16)12-20(25-18)22(30)26-19(10-14-4-2-1-3-5-14)21(29)23(31)27-9-8-17(28)13-27/h1-7,11-12,17,19,21,25,28-29H,8-10,13H2,(H,26,30)/t17-,19-,21-/m0/s1. The lowest BCUT2D eigenvalue weighted by Gasteiger charge is -2.27. The summed E-state index contributed by atoms with van der Waals surface area (Å²) in [6, 6.07) is 15.5. The van der Waals surface area contributed by atoms with Gasteiger partial charge in [0.05, 0.1) is 12.1 Å². The first-order valence-corrected chi connectivity index (χ1v) is 10.6. The van der Waals surface area contributed by atoms with E-state index in [-0.39, 0.29) is 13.0 Å². The summed E-state index contributed by atoms with van der Waals surface area (Å²) >= 11 is 6.02. The maximum absolute atomic E-state index is 12.9. The summed E-state index contributed by atoms with van der Waals surface area (Å²) in [7, 11) is 0. The molecule has 0 radical (unpaired) electrons. The molecule has 2 amide bonds. The fourth-order valence-electron chi connectivity index (χ4n) is 3.88. The van der Waals surface area contributed by atoms with Crippen LogP contribution in [0.25, 0.3) is 10.9 Å². The molecule has 1 aromatic heterocycles. The van der Waals surface area contributed by atoms with E-state index in [1.807, 2.05) is 30.3 Å². The molecule has 31 heavy (non-hydrogen) atoms. The SMILES string of the molecule is O=C(N[C@@H](Cc1ccccc1)[C@H](O)C(=O)N1CC[C@H](O)C1)c1cc2cc(Cl)ccc2[nH]1. The molecular formula is C23H24ClN3O4. The van der Waals surface area contributed by atoms with Crippen molar-refractivity contribution in [3.63, 3.8) is 0 Å². The molecule has 0 aliphatic carbocycles. The zero-order valence-electron chi connectivity index (χ0n) is 16.8. The third kappa shape index (κ3) is 4.90. The number of benzene rings is 2. The Kier molecular flexibility index (Phi) is 6.27. The highest BCUT2D eigenvalue weighted by Gasteiger charge is 2.34. The molecule has 4 N–H and O–H groups in total. The van der Waals surface area contributed by atoms with Gasteiger partial charge in [-0.05, 0) is 42.7 Å². The summed E-state index contributed by atoms with van der Waals surface area (Å²) in [5.41, 5.74) is 1.95. The number of likely N-dealkylation sites (tertiary alicyclic amines) is 1. The van der Waals surface area contributed by atoms with Crippen molar-refractivity contribution in [1.82, 2.24) is 15.2 Å². The van der Waals surface area contributed by atoms with Crippen LogP contribution in [0.15, 0.2) is 54.6 Å². The monoisotopic (exact) mass is 441 g/mol. The minimum absolute atomic E-state index is 0.185. The molecule has 0 spiro atoms. The van der Waals surface area contributed by atoms with Crippen molar-refractivity contribution >= 4 is 34.3 Å². The molecule has 1 aliphatic rings. The Labute approximate surface area is 184 Å². The lowest BCUT2D eigenvalue weighted by Crippen LogP contribution is -2.52.